The molecule has 9 heteroatoms. The van der Waals surface area contributed by atoms with Crippen LogP contribution in [0.5, 0.6) is 0 Å². The quantitative estimate of drug-likeness (QED) is 0.627. The van der Waals surface area contributed by atoms with E-state index in [2.05, 4.69) is 38.5 Å². The molecule has 1 amide bonds. The molecule has 2 aromatic heterocycles. The first-order chi connectivity index (χ1) is 15.0. The van der Waals surface area contributed by atoms with E-state index in [1.165, 1.54) is 0 Å². The summed E-state index contributed by atoms with van der Waals surface area (Å²) in [7, 11) is 0. The summed E-state index contributed by atoms with van der Waals surface area (Å²) in [5.41, 5.74) is 4.65. The summed E-state index contributed by atoms with van der Waals surface area (Å²) in [5, 5.41) is 10.8. The minimum Gasteiger partial charge on any atom is -0.369 e. The monoisotopic (exact) mass is 441 g/mol. The summed E-state index contributed by atoms with van der Waals surface area (Å²) in [4.78, 5) is 19.1. The number of morpholine rings is 1. The lowest BCUT2D eigenvalue weighted by molar-refractivity contribution is -0.119. The smallest absolute Gasteiger partial charge is 0.239 e. The van der Waals surface area contributed by atoms with Crippen molar-refractivity contribution in [2.24, 2.45) is 0 Å². The Balaban J connectivity index is 1.42. The Hall–Kier alpha value is -2.81. The summed E-state index contributed by atoms with van der Waals surface area (Å²) >= 11 is 6.12. The first kappa shape index (κ1) is 21.4. The number of aryl methyl sites for hydroxylation is 2. The maximum Gasteiger partial charge on any atom is 0.239 e. The minimum absolute atomic E-state index is 0.168. The lowest BCUT2D eigenvalue weighted by Gasteiger charge is -2.32. The summed E-state index contributed by atoms with van der Waals surface area (Å²) < 4.78 is 10.6. The van der Waals surface area contributed by atoms with Gasteiger partial charge in [-0.3, -0.25) is 14.7 Å². The molecule has 1 N–H and O–H groups in total. The van der Waals surface area contributed by atoms with E-state index in [1.54, 1.807) is 6.92 Å². The number of halogens is 1. The van der Waals surface area contributed by atoms with Gasteiger partial charge in [0, 0.05) is 23.8 Å². The van der Waals surface area contributed by atoms with Gasteiger partial charge in [0.2, 0.25) is 5.91 Å². The molecule has 0 saturated carbocycles. The molecule has 0 bridgehead atoms. The molecule has 162 valence electrons. The molecule has 31 heavy (non-hydrogen) atoms. The van der Waals surface area contributed by atoms with Gasteiger partial charge in [-0.2, -0.15) is 0 Å². The fourth-order valence-electron chi connectivity index (χ4n) is 3.66. The Labute approximate surface area is 185 Å². The van der Waals surface area contributed by atoms with Gasteiger partial charge >= 0.3 is 0 Å². The zero-order chi connectivity index (χ0) is 21.8. The van der Waals surface area contributed by atoms with Gasteiger partial charge < -0.3 is 10.1 Å². The lowest BCUT2D eigenvalue weighted by atomic mass is 10.0. The van der Waals surface area contributed by atoms with Gasteiger partial charge in [-0.15, -0.1) is 0 Å². The van der Waals surface area contributed by atoms with Gasteiger partial charge in [0.15, 0.2) is 5.82 Å². The van der Waals surface area contributed by atoms with E-state index in [1.807, 2.05) is 30.0 Å². The van der Waals surface area contributed by atoms with Crippen molar-refractivity contribution in [1.29, 1.82) is 0 Å². The normalized spacial score (nSPS) is 16.9. The van der Waals surface area contributed by atoms with Gasteiger partial charge in [-0.25, -0.2) is 4.63 Å². The second-order valence-electron chi connectivity index (χ2n) is 7.69. The summed E-state index contributed by atoms with van der Waals surface area (Å²) in [6.07, 6.45) is 0.566. The SMILES string of the molecule is Cc1cc(Cc2cccc(Cl)c2)cc([C@H]2CN(CC(=O)Nc3nonc3C)CCO2)n1. The van der Waals surface area contributed by atoms with Crippen LogP contribution in [0.4, 0.5) is 5.82 Å². The second-order valence-corrected chi connectivity index (χ2v) is 8.13. The average molecular weight is 442 g/mol. The first-order valence-corrected chi connectivity index (χ1v) is 10.5. The van der Waals surface area contributed by atoms with Crippen molar-refractivity contribution in [3.63, 3.8) is 0 Å². The fraction of sp³-hybridized carbons (Fsp3) is 0.364. The predicted molar refractivity (Wildman–Crippen MR) is 116 cm³/mol. The third-order valence-electron chi connectivity index (χ3n) is 5.09. The van der Waals surface area contributed by atoms with Crippen molar-refractivity contribution in [3.05, 3.63) is 69.6 Å². The highest BCUT2D eigenvalue weighted by molar-refractivity contribution is 6.30. The number of benzene rings is 1. The highest BCUT2D eigenvalue weighted by atomic mass is 35.5. The van der Waals surface area contributed by atoms with Crippen LogP contribution in [0.25, 0.3) is 0 Å². The van der Waals surface area contributed by atoms with Crippen LogP contribution in [0, 0.1) is 13.8 Å². The van der Waals surface area contributed by atoms with E-state index in [0.29, 0.717) is 31.2 Å². The number of rotatable bonds is 6. The fourth-order valence-corrected chi connectivity index (χ4v) is 3.88. The van der Waals surface area contributed by atoms with Crippen molar-refractivity contribution in [2.75, 3.05) is 31.6 Å². The molecular formula is C22H24ClN5O3. The molecule has 3 heterocycles. The predicted octanol–water partition coefficient (Wildman–Crippen LogP) is 3.34. The minimum atomic E-state index is -0.199. The van der Waals surface area contributed by atoms with Gasteiger partial charge in [0.25, 0.3) is 0 Å². The Kier molecular flexibility index (Phi) is 6.60. The Morgan fingerprint density at radius 2 is 2.10 bits per heavy atom. The van der Waals surface area contributed by atoms with Crippen LogP contribution < -0.4 is 5.32 Å². The maximum atomic E-state index is 12.4. The molecule has 0 unspecified atom stereocenters. The van der Waals surface area contributed by atoms with Crippen molar-refractivity contribution in [1.82, 2.24) is 20.2 Å². The Bertz CT molecular complexity index is 1070. The first-order valence-electron chi connectivity index (χ1n) is 10.1. The molecule has 1 aromatic carbocycles. The molecule has 0 aliphatic carbocycles. The van der Waals surface area contributed by atoms with Crippen molar-refractivity contribution in [3.8, 4) is 0 Å². The lowest BCUT2D eigenvalue weighted by Crippen LogP contribution is -2.42. The molecule has 1 atom stereocenters. The van der Waals surface area contributed by atoms with Crippen molar-refractivity contribution >= 4 is 23.3 Å². The molecule has 1 aliphatic rings. The van der Waals surface area contributed by atoms with Crippen molar-refractivity contribution < 1.29 is 14.2 Å². The van der Waals surface area contributed by atoms with E-state index in [4.69, 9.17) is 21.3 Å². The second kappa shape index (κ2) is 9.55. The molecular weight excluding hydrogens is 418 g/mol. The number of hydrogen-bond donors (Lipinski definition) is 1. The Morgan fingerprint density at radius 1 is 1.23 bits per heavy atom. The molecule has 0 spiro atoms. The van der Waals surface area contributed by atoms with E-state index < -0.39 is 0 Å². The van der Waals surface area contributed by atoms with Crippen LogP contribution >= 0.6 is 11.6 Å². The number of hydrogen-bond acceptors (Lipinski definition) is 7. The van der Waals surface area contributed by atoms with E-state index >= 15 is 0 Å². The van der Waals surface area contributed by atoms with Gasteiger partial charge in [0.1, 0.15) is 11.8 Å². The van der Waals surface area contributed by atoms with Crippen LogP contribution in [-0.4, -0.2) is 52.3 Å². The van der Waals surface area contributed by atoms with E-state index in [9.17, 15) is 4.79 Å². The molecule has 0 radical (unpaired) electrons. The third-order valence-corrected chi connectivity index (χ3v) is 5.32. The van der Waals surface area contributed by atoms with Gasteiger partial charge in [-0.1, -0.05) is 28.9 Å². The number of aromatic nitrogens is 3. The topological polar surface area (TPSA) is 93.4 Å². The molecule has 4 rings (SSSR count). The number of nitrogens with one attached hydrogen (secondary N) is 1. The number of ether oxygens (including phenoxy) is 1. The Morgan fingerprint density at radius 3 is 2.87 bits per heavy atom. The molecule has 1 fully saturated rings. The zero-order valence-corrected chi connectivity index (χ0v) is 18.2. The summed E-state index contributed by atoms with van der Waals surface area (Å²) in [6.45, 7) is 5.71. The van der Waals surface area contributed by atoms with Crippen LogP contribution in [0.2, 0.25) is 5.02 Å². The van der Waals surface area contributed by atoms with E-state index in [0.717, 1.165) is 34.0 Å². The summed E-state index contributed by atoms with van der Waals surface area (Å²) in [5.74, 6) is 0.180. The van der Waals surface area contributed by atoms with Crippen LogP contribution in [0.3, 0.4) is 0 Å². The number of nitrogens with zero attached hydrogens (tertiary/aromatic N) is 4. The average Bonchev–Trinajstić information content (AvgIpc) is 3.12. The standard InChI is InChI=1S/C22H24ClN5O3/c1-14-8-17(9-16-4-3-5-18(23)10-16)11-19(24-14)20-12-28(6-7-30-20)13-21(29)25-22-15(2)26-31-27-22/h3-5,8,10-11,20H,6-7,9,12-13H2,1-2H3,(H,25,27,29)/t20-/m1/s1. The molecule has 1 saturated heterocycles. The number of amides is 1. The van der Waals surface area contributed by atoms with Crippen molar-refractivity contribution in [2.45, 2.75) is 26.4 Å². The largest absolute Gasteiger partial charge is 0.369 e. The third kappa shape index (κ3) is 5.66. The van der Waals surface area contributed by atoms with Crippen LogP contribution in [0.15, 0.2) is 41.0 Å². The van der Waals surface area contributed by atoms with Crippen LogP contribution in [0.1, 0.15) is 34.3 Å². The molecule has 8 nitrogen and oxygen atoms in total. The van der Waals surface area contributed by atoms with Crippen LogP contribution in [-0.2, 0) is 16.0 Å². The number of carbonyl (C=O) groups is 1. The van der Waals surface area contributed by atoms with Gasteiger partial charge in [-0.05, 0) is 60.8 Å². The van der Waals surface area contributed by atoms with E-state index in [-0.39, 0.29) is 18.6 Å². The zero-order valence-electron chi connectivity index (χ0n) is 17.5. The highest BCUT2D eigenvalue weighted by Crippen LogP contribution is 2.24. The molecule has 1 aliphatic heterocycles. The number of carbonyl (C=O) groups excluding carboxylic acids is 1. The number of pyridine rings is 1. The molecule has 3 aromatic rings. The summed E-state index contributed by atoms with van der Waals surface area (Å²) in [6, 6.07) is 12.0. The number of anilines is 1. The highest BCUT2D eigenvalue weighted by Gasteiger charge is 2.25. The van der Waals surface area contributed by atoms with Gasteiger partial charge in [0.05, 0.1) is 18.8 Å². The maximum absolute atomic E-state index is 12.4.